The topological polar surface area (TPSA) is 30.5 Å². The average molecular weight is 285 g/mol. The molecule has 2 aromatic rings. The molecule has 0 heterocycles. The van der Waals surface area contributed by atoms with Gasteiger partial charge >= 0.3 is 0 Å². The van der Waals surface area contributed by atoms with E-state index in [2.05, 4.69) is 36.5 Å². The predicted molar refractivity (Wildman–Crippen MR) is 86.2 cm³/mol. The largest absolute Gasteiger partial charge is 0.493 e. The van der Waals surface area contributed by atoms with Crippen LogP contribution in [0.25, 0.3) is 0 Å². The van der Waals surface area contributed by atoms with Crippen LogP contribution >= 0.6 is 0 Å². The van der Waals surface area contributed by atoms with Gasteiger partial charge < -0.3 is 14.8 Å². The molecule has 2 rings (SSSR count). The van der Waals surface area contributed by atoms with E-state index in [1.807, 2.05) is 24.3 Å². The molecule has 0 unspecified atom stereocenters. The highest BCUT2D eigenvalue weighted by atomic mass is 16.5. The van der Waals surface area contributed by atoms with Crippen LogP contribution in [-0.2, 0) is 6.42 Å². The summed E-state index contributed by atoms with van der Waals surface area (Å²) in [6.07, 6.45) is 1.04. The van der Waals surface area contributed by atoms with Gasteiger partial charge in [-0.2, -0.15) is 0 Å². The van der Waals surface area contributed by atoms with Gasteiger partial charge in [-0.15, -0.1) is 0 Å². The van der Waals surface area contributed by atoms with Gasteiger partial charge in [0.1, 0.15) is 6.61 Å². The molecule has 3 nitrogen and oxygen atoms in total. The third kappa shape index (κ3) is 5.12. The highest BCUT2D eigenvalue weighted by Crippen LogP contribution is 2.25. The first-order valence-corrected chi connectivity index (χ1v) is 7.31. The lowest BCUT2D eigenvalue weighted by Gasteiger charge is -2.10. The normalized spacial score (nSPS) is 10.4. The van der Waals surface area contributed by atoms with E-state index in [1.165, 1.54) is 11.1 Å². The number of rotatable bonds is 8. The molecule has 0 saturated heterocycles. The summed E-state index contributed by atoms with van der Waals surface area (Å²) in [5, 5.41) is 3.40. The van der Waals surface area contributed by atoms with E-state index in [0.717, 1.165) is 31.0 Å². The Morgan fingerprint density at radius 1 is 0.952 bits per heavy atom. The minimum absolute atomic E-state index is 0.633. The minimum atomic E-state index is 0.633. The molecular weight excluding hydrogens is 262 g/mol. The third-order valence-electron chi connectivity index (χ3n) is 3.28. The lowest BCUT2D eigenvalue weighted by atomic mass is 10.1. The smallest absolute Gasteiger partial charge is 0.161 e. The summed E-state index contributed by atoms with van der Waals surface area (Å²) in [4.78, 5) is 0. The van der Waals surface area contributed by atoms with Gasteiger partial charge in [0.05, 0.1) is 7.11 Å². The van der Waals surface area contributed by atoms with E-state index in [4.69, 9.17) is 9.47 Å². The summed E-state index contributed by atoms with van der Waals surface area (Å²) >= 11 is 0. The van der Waals surface area contributed by atoms with E-state index < -0.39 is 0 Å². The van der Waals surface area contributed by atoms with Gasteiger partial charge in [-0.05, 0) is 37.6 Å². The van der Waals surface area contributed by atoms with Crippen molar-refractivity contribution < 1.29 is 9.47 Å². The van der Waals surface area contributed by atoms with Crippen LogP contribution < -0.4 is 14.8 Å². The second-order valence-electron chi connectivity index (χ2n) is 4.99. The number of benzene rings is 2. The SMILES string of the molecule is COc1ccccc1OCCNCCc1cccc(C)c1. The Morgan fingerprint density at radius 2 is 1.76 bits per heavy atom. The van der Waals surface area contributed by atoms with Gasteiger partial charge in [0.2, 0.25) is 0 Å². The van der Waals surface area contributed by atoms with Crippen molar-refractivity contribution >= 4 is 0 Å². The van der Waals surface area contributed by atoms with E-state index in [9.17, 15) is 0 Å². The number of hydrogen-bond acceptors (Lipinski definition) is 3. The fourth-order valence-corrected chi connectivity index (χ4v) is 2.20. The molecule has 0 atom stereocenters. The Balaban J connectivity index is 1.64. The molecule has 0 saturated carbocycles. The van der Waals surface area contributed by atoms with Crippen LogP contribution in [0.3, 0.4) is 0 Å². The Hall–Kier alpha value is -2.00. The Kier molecular flexibility index (Phi) is 6.10. The van der Waals surface area contributed by atoms with Crippen LogP contribution in [-0.4, -0.2) is 26.8 Å². The highest BCUT2D eigenvalue weighted by Gasteiger charge is 2.01. The number of ether oxygens (including phenoxy) is 2. The van der Waals surface area contributed by atoms with Gasteiger partial charge in [-0.3, -0.25) is 0 Å². The summed E-state index contributed by atoms with van der Waals surface area (Å²) in [6, 6.07) is 16.3. The first-order chi connectivity index (χ1) is 10.3. The zero-order valence-electron chi connectivity index (χ0n) is 12.8. The van der Waals surface area contributed by atoms with Gasteiger partial charge in [-0.25, -0.2) is 0 Å². The summed E-state index contributed by atoms with van der Waals surface area (Å²) < 4.78 is 11.0. The van der Waals surface area contributed by atoms with Crippen LogP contribution in [0.1, 0.15) is 11.1 Å². The van der Waals surface area contributed by atoms with E-state index in [-0.39, 0.29) is 0 Å². The second kappa shape index (κ2) is 8.32. The third-order valence-corrected chi connectivity index (χ3v) is 3.28. The van der Waals surface area contributed by atoms with Crippen molar-refractivity contribution in [2.75, 3.05) is 26.8 Å². The van der Waals surface area contributed by atoms with Crippen LogP contribution in [0.4, 0.5) is 0 Å². The van der Waals surface area contributed by atoms with Crippen molar-refractivity contribution in [1.82, 2.24) is 5.32 Å². The Labute approximate surface area is 126 Å². The molecule has 0 radical (unpaired) electrons. The molecule has 112 valence electrons. The lowest BCUT2D eigenvalue weighted by molar-refractivity contribution is 0.292. The first-order valence-electron chi connectivity index (χ1n) is 7.31. The highest BCUT2D eigenvalue weighted by molar-refractivity contribution is 5.39. The quantitative estimate of drug-likeness (QED) is 0.755. The molecule has 21 heavy (non-hydrogen) atoms. The molecule has 2 aromatic carbocycles. The zero-order chi connectivity index (χ0) is 14.9. The monoisotopic (exact) mass is 285 g/mol. The molecule has 0 amide bonds. The summed E-state index contributed by atoms with van der Waals surface area (Å²) in [5.74, 6) is 1.57. The average Bonchev–Trinajstić information content (AvgIpc) is 2.51. The first kappa shape index (κ1) is 15.4. The molecule has 0 aromatic heterocycles. The Bertz CT molecular complexity index is 554. The zero-order valence-corrected chi connectivity index (χ0v) is 12.8. The minimum Gasteiger partial charge on any atom is -0.493 e. The van der Waals surface area contributed by atoms with Crippen molar-refractivity contribution in [3.8, 4) is 11.5 Å². The second-order valence-corrected chi connectivity index (χ2v) is 4.99. The molecule has 1 N–H and O–H groups in total. The van der Waals surface area contributed by atoms with Crippen LogP contribution in [0.15, 0.2) is 48.5 Å². The molecular formula is C18H23NO2. The van der Waals surface area contributed by atoms with Crippen molar-refractivity contribution in [3.63, 3.8) is 0 Å². The molecule has 0 spiro atoms. The molecule has 0 aliphatic heterocycles. The number of para-hydroxylation sites is 2. The van der Waals surface area contributed by atoms with E-state index in [0.29, 0.717) is 6.61 Å². The van der Waals surface area contributed by atoms with E-state index >= 15 is 0 Å². The number of hydrogen-bond donors (Lipinski definition) is 1. The van der Waals surface area contributed by atoms with Crippen LogP contribution in [0.5, 0.6) is 11.5 Å². The lowest BCUT2D eigenvalue weighted by Crippen LogP contribution is -2.23. The number of nitrogens with one attached hydrogen (secondary N) is 1. The molecule has 0 aliphatic carbocycles. The molecule has 0 aliphatic rings. The molecule has 0 bridgehead atoms. The summed E-state index contributed by atoms with van der Waals surface area (Å²) in [7, 11) is 1.66. The van der Waals surface area contributed by atoms with Crippen molar-refractivity contribution in [1.29, 1.82) is 0 Å². The molecule has 3 heteroatoms. The Morgan fingerprint density at radius 3 is 2.52 bits per heavy atom. The van der Waals surface area contributed by atoms with E-state index in [1.54, 1.807) is 7.11 Å². The van der Waals surface area contributed by atoms with Crippen molar-refractivity contribution in [2.45, 2.75) is 13.3 Å². The summed E-state index contributed by atoms with van der Waals surface area (Å²) in [5.41, 5.74) is 2.68. The fourth-order valence-electron chi connectivity index (χ4n) is 2.20. The van der Waals surface area contributed by atoms with Crippen LogP contribution in [0, 0.1) is 6.92 Å². The van der Waals surface area contributed by atoms with Crippen LogP contribution in [0.2, 0.25) is 0 Å². The predicted octanol–water partition coefficient (Wildman–Crippen LogP) is 3.21. The standard InChI is InChI=1S/C18H23NO2/c1-15-6-5-7-16(14-15)10-11-19-12-13-21-18-9-4-3-8-17(18)20-2/h3-9,14,19H,10-13H2,1-2H3. The molecule has 0 fully saturated rings. The van der Waals surface area contributed by atoms with Gasteiger partial charge in [0.25, 0.3) is 0 Å². The van der Waals surface area contributed by atoms with Crippen molar-refractivity contribution in [3.05, 3.63) is 59.7 Å². The maximum absolute atomic E-state index is 5.71. The van der Waals surface area contributed by atoms with Gasteiger partial charge in [0.15, 0.2) is 11.5 Å². The number of aryl methyl sites for hydroxylation is 1. The maximum Gasteiger partial charge on any atom is 0.161 e. The van der Waals surface area contributed by atoms with Crippen molar-refractivity contribution in [2.24, 2.45) is 0 Å². The van der Waals surface area contributed by atoms with Gasteiger partial charge in [-0.1, -0.05) is 42.0 Å². The van der Waals surface area contributed by atoms with Gasteiger partial charge in [0, 0.05) is 6.54 Å². The fraction of sp³-hybridized carbons (Fsp3) is 0.333. The maximum atomic E-state index is 5.71. The number of methoxy groups -OCH3 is 1. The summed E-state index contributed by atoms with van der Waals surface area (Å²) in [6.45, 7) is 4.54.